The van der Waals surface area contributed by atoms with Gasteiger partial charge in [-0.2, -0.15) is 0 Å². The van der Waals surface area contributed by atoms with E-state index >= 15 is 0 Å². The molecule has 0 aliphatic heterocycles. The van der Waals surface area contributed by atoms with Crippen molar-refractivity contribution in [2.24, 2.45) is 17.2 Å². The van der Waals surface area contributed by atoms with Gasteiger partial charge in [-0.15, -0.1) is 0 Å². The summed E-state index contributed by atoms with van der Waals surface area (Å²) < 4.78 is 0. The minimum absolute atomic E-state index is 0.0185. The molecule has 0 fully saturated rings. The molecule has 0 saturated carbocycles. The summed E-state index contributed by atoms with van der Waals surface area (Å²) >= 11 is 0. The lowest BCUT2D eigenvalue weighted by atomic mass is 10.1. The van der Waals surface area contributed by atoms with Gasteiger partial charge in [0.15, 0.2) is 0 Å². The first-order valence-corrected chi connectivity index (χ1v) is 14.8. The molecule has 14 N–H and O–H groups in total. The average molecular weight is 674 g/mol. The van der Waals surface area contributed by atoms with Crippen molar-refractivity contribution in [1.82, 2.24) is 31.9 Å². The molecule has 0 rings (SSSR count). The normalized spacial score (nSPS) is 15.2. The van der Waals surface area contributed by atoms with Crippen molar-refractivity contribution in [2.75, 3.05) is 6.54 Å². The van der Waals surface area contributed by atoms with E-state index in [1.165, 1.54) is 27.7 Å². The molecule has 0 saturated heterocycles. The van der Waals surface area contributed by atoms with E-state index in [2.05, 4.69) is 31.9 Å². The lowest BCUT2D eigenvalue weighted by molar-refractivity contribution is -0.141. The molecule has 0 aliphatic carbocycles. The summed E-state index contributed by atoms with van der Waals surface area (Å²) in [5.74, 6) is -8.71. The summed E-state index contributed by atoms with van der Waals surface area (Å²) in [6, 6.07) is -9.10. The standard InChI is InChI=1S/C27H47N9O11/c1-12(32-24(43)16(29)8-9-19(30)37)21(40)31-14(3)23(42)36-18(11-20(38)39)26(45)35-17(7-5-6-10-28)25(44)33-13(2)22(41)34-15(4)27(46)47/h12-18H,5-11,28-29H2,1-4H3,(H2,30,37)(H,31,40)(H,32,43)(H,33,44)(H,34,41)(H,35,45)(H,36,42)(H,38,39)(H,46,47)/t12-,13-,14-,15-,16-,17-,18-/m0/s1. The van der Waals surface area contributed by atoms with Crippen molar-refractivity contribution in [2.45, 2.75) is 109 Å². The van der Waals surface area contributed by atoms with Gasteiger partial charge in [0.1, 0.15) is 36.3 Å². The number of hydrogen-bond donors (Lipinski definition) is 11. The van der Waals surface area contributed by atoms with E-state index in [1.807, 2.05) is 0 Å². The summed E-state index contributed by atoms with van der Waals surface area (Å²) in [6.07, 6.45) is -0.300. The maximum absolute atomic E-state index is 13.1. The van der Waals surface area contributed by atoms with Gasteiger partial charge in [0.2, 0.25) is 41.4 Å². The maximum atomic E-state index is 13.1. The minimum atomic E-state index is -1.71. The van der Waals surface area contributed by atoms with Crippen LogP contribution in [0.1, 0.15) is 66.2 Å². The second-order valence-electron chi connectivity index (χ2n) is 10.9. The van der Waals surface area contributed by atoms with Crippen molar-refractivity contribution in [3.05, 3.63) is 0 Å². The second-order valence-corrected chi connectivity index (χ2v) is 10.9. The summed E-state index contributed by atoms with van der Waals surface area (Å²) in [5.41, 5.74) is 16.2. The Kier molecular flexibility index (Phi) is 18.9. The predicted molar refractivity (Wildman–Crippen MR) is 163 cm³/mol. The molecule has 0 heterocycles. The summed E-state index contributed by atoms with van der Waals surface area (Å²) in [6.45, 7) is 5.30. The first-order chi connectivity index (χ1) is 21.8. The van der Waals surface area contributed by atoms with Crippen LogP contribution >= 0.6 is 0 Å². The third-order valence-corrected chi connectivity index (χ3v) is 6.62. The summed E-state index contributed by atoms with van der Waals surface area (Å²) in [7, 11) is 0. The molecule has 266 valence electrons. The molecule has 7 amide bonds. The van der Waals surface area contributed by atoms with Crippen LogP contribution in [0.25, 0.3) is 0 Å². The Bertz CT molecular complexity index is 1170. The predicted octanol–water partition coefficient (Wildman–Crippen LogP) is -4.74. The Morgan fingerprint density at radius 2 is 1.00 bits per heavy atom. The highest BCUT2D eigenvalue weighted by atomic mass is 16.4. The van der Waals surface area contributed by atoms with Gasteiger partial charge in [0, 0.05) is 6.42 Å². The molecule has 0 aromatic carbocycles. The highest BCUT2D eigenvalue weighted by Gasteiger charge is 2.32. The number of unbranched alkanes of at least 4 members (excludes halogenated alkanes) is 1. The van der Waals surface area contributed by atoms with Gasteiger partial charge in [-0.1, -0.05) is 0 Å². The van der Waals surface area contributed by atoms with E-state index in [4.69, 9.17) is 22.3 Å². The highest BCUT2D eigenvalue weighted by molar-refractivity contribution is 5.97. The second kappa shape index (κ2) is 21.0. The highest BCUT2D eigenvalue weighted by Crippen LogP contribution is 2.05. The quantitative estimate of drug-likeness (QED) is 0.0482. The number of carbonyl (C=O) groups excluding carboxylic acids is 7. The van der Waals surface area contributed by atoms with Crippen LogP contribution in [0.4, 0.5) is 0 Å². The first-order valence-electron chi connectivity index (χ1n) is 14.8. The first kappa shape index (κ1) is 42.1. The number of primary amides is 1. The number of carboxylic acid groups (broad SMARTS) is 2. The zero-order chi connectivity index (χ0) is 36.4. The molecular weight excluding hydrogens is 626 g/mol. The molecule has 0 radical (unpaired) electrons. The summed E-state index contributed by atoms with van der Waals surface area (Å²) in [4.78, 5) is 109. The van der Waals surface area contributed by atoms with Crippen LogP contribution in [0.5, 0.6) is 0 Å². The number of carbonyl (C=O) groups is 9. The lowest BCUT2D eigenvalue weighted by Crippen LogP contribution is -2.59. The van der Waals surface area contributed by atoms with E-state index in [0.29, 0.717) is 12.8 Å². The Hall–Kier alpha value is -4.85. The number of amides is 7. The van der Waals surface area contributed by atoms with Gasteiger partial charge < -0.3 is 59.3 Å². The lowest BCUT2D eigenvalue weighted by Gasteiger charge is -2.25. The number of carboxylic acids is 2. The van der Waals surface area contributed by atoms with Gasteiger partial charge in [-0.3, -0.25) is 43.2 Å². The van der Waals surface area contributed by atoms with E-state index < -0.39 is 102 Å². The van der Waals surface area contributed by atoms with Crippen LogP contribution in [0.2, 0.25) is 0 Å². The van der Waals surface area contributed by atoms with Crippen LogP contribution in [0.3, 0.4) is 0 Å². The molecule has 7 atom stereocenters. The molecule has 0 aromatic rings. The molecule has 0 bridgehead atoms. The van der Waals surface area contributed by atoms with Crippen LogP contribution in [-0.2, 0) is 43.2 Å². The van der Waals surface area contributed by atoms with Crippen molar-refractivity contribution >= 4 is 53.3 Å². The van der Waals surface area contributed by atoms with Crippen LogP contribution in [0.15, 0.2) is 0 Å². The largest absolute Gasteiger partial charge is 0.481 e. The molecule has 20 nitrogen and oxygen atoms in total. The molecule has 0 unspecified atom stereocenters. The smallest absolute Gasteiger partial charge is 0.325 e. The number of nitrogens with one attached hydrogen (secondary N) is 6. The third kappa shape index (κ3) is 16.9. The van der Waals surface area contributed by atoms with Crippen molar-refractivity contribution in [3.63, 3.8) is 0 Å². The number of hydrogen-bond acceptors (Lipinski definition) is 11. The molecule has 0 aliphatic rings. The fourth-order valence-corrected chi connectivity index (χ4v) is 3.71. The van der Waals surface area contributed by atoms with E-state index in [0.717, 1.165) is 0 Å². The molecule has 47 heavy (non-hydrogen) atoms. The van der Waals surface area contributed by atoms with Crippen LogP contribution < -0.4 is 49.1 Å². The summed E-state index contributed by atoms with van der Waals surface area (Å²) in [5, 5.41) is 32.1. The van der Waals surface area contributed by atoms with Crippen LogP contribution in [0, 0.1) is 0 Å². The van der Waals surface area contributed by atoms with Crippen molar-refractivity contribution in [3.8, 4) is 0 Å². The van der Waals surface area contributed by atoms with Gasteiger partial charge in [-0.05, 0) is 59.9 Å². The molecular formula is C27H47N9O11. The minimum Gasteiger partial charge on any atom is -0.481 e. The van der Waals surface area contributed by atoms with Gasteiger partial charge >= 0.3 is 11.9 Å². The van der Waals surface area contributed by atoms with Gasteiger partial charge in [0.05, 0.1) is 12.5 Å². The Balaban J connectivity index is 5.52. The SMILES string of the molecule is C[C@H](NC(=O)[C@H](C)NC(=O)[C@H](CCCCN)NC(=O)[C@H](CC(=O)O)NC(=O)[C@H](C)NC(=O)[C@H](C)NC(=O)[C@@H](N)CCC(N)=O)C(=O)O. The third-order valence-electron chi connectivity index (χ3n) is 6.62. The topological polar surface area (TPSA) is 344 Å². The Morgan fingerprint density at radius 3 is 1.47 bits per heavy atom. The van der Waals surface area contributed by atoms with Crippen molar-refractivity contribution < 1.29 is 53.4 Å². The Labute approximate surface area is 271 Å². The molecule has 0 aromatic heterocycles. The van der Waals surface area contributed by atoms with Gasteiger partial charge in [0.25, 0.3) is 0 Å². The van der Waals surface area contributed by atoms with Gasteiger partial charge in [-0.25, -0.2) is 0 Å². The zero-order valence-corrected chi connectivity index (χ0v) is 26.8. The van der Waals surface area contributed by atoms with E-state index in [9.17, 15) is 48.3 Å². The van der Waals surface area contributed by atoms with Crippen LogP contribution in [-0.4, -0.2) is 112 Å². The maximum Gasteiger partial charge on any atom is 0.325 e. The molecule has 0 spiro atoms. The van der Waals surface area contributed by atoms with E-state index in [1.54, 1.807) is 0 Å². The molecule has 20 heteroatoms. The van der Waals surface area contributed by atoms with E-state index in [-0.39, 0.29) is 25.8 Å². The fourth-order valence-electron chi connectivity index (χ4n) is 3.71. The number of nitrogens with two attached hydrogens (primary N) is 3. The fraction of sp³-hybridized carbons (Fsp3) is 0.667. The van der Waals surface area contributed by atoms with Crippen molar-refractivity contribution in [1.29, 1.82) is 0 Å². The number of rotatable bonds is 22. The Morgan fingerprint density at radius 1 is 0.574 bits per heavy atom. The number of aliphatic carboxylic acids is 2. The zero-order valence-electron chi connectivity index (χ0n) is 26.8. The monoisotopic (exact) mass is 673 g/mol. The average Bonchev–Trinajstić information content (AvgIpc) is 2.97.